The Morgan fingerprint density at radius 3 is 2.00 bits per heavy atom. The maximum absolute atomic E-state index is 10.1. The molecule has 1 heterocycles. The SMILES string of the molecule is CC1CCN(C=O)C1.CCC(C)[C-]=O.C[C-](C)C.[U+2]. The van der Waals surface area contributed by atoms with Crippen molar-refractivity contribution in [2.75, 3.05) is 13.1 Å². The summed E-state index contributed by atoms with van der Waals surface area (Å²) in [6, 6.07) is 0. The quantitative estimate of drug-likeness (QED) is 0.447. The first-order valence-corrected chi connectivity index (χ1v) is 6.71. The third kappa shape index (κ3) is 20.7. The molecule has 1 amide bonds. The molecule has 0 spiro atoms. The van der Waals surface area contributed by atoms with Crippen molar-refractivity contribution in [1.29, 1.82) is 0 Å². The largest absolute Gasteiger partial charge is 2.00 e. The van der Waals surface area contributed by atoms with E-state index in [0.29, 0.717) is 0 Å². The smallest absolute Gasteiger partial charge is 0.542 e. The second kappa shape index (κ2) is 16.2. The molecule has 19 heavy (non-hydrogen) atoms. The van der Waals surface area contributed by atoms with Gasteiger partial charge in [-0.3, -0.25) is 11.1 Å². The topological polar surface area (TPSA) is 37.4 Å². The molecule has 1 aliphatic rings. The van der Waals surface area contributed by atoms with Gasteiger partial charge in [-0.15, -0.1) is 5.92 Å². The Kier molecular flexibility index (Phi) is 20.7. The Balaban J connectivity index is -0.000000210. The Morgan fingerprint density at radius 1 is 1.42 bits per heavy atom. The summed E-state index contributed by atoms with van der Waals surface area (Å²) < 4.78 is 0. The van der Waals surface area contributed by atoms with E-state index >= 15 is 0 Å². The minimum Gasteiger partial charge on any atom is -0.542 e. The zero-order valence-corrected chi connectivity index (χ0v) is 17.5. The minimum atomic E-state index is 0. The Bertz CT molecular complexity index is 208. The molecule has 0 bridgehead atoms. The summed E-state index contributed by atoms with van der Waals surface area (Å²) in [6.07, 6.45) is 4.88. The van der Waals surface area contributed by atoms with E-state index in [1.807, 2.05) is 25.0 Å². The predicted molar refractivity (Wildman–Crippen MR) is 76.8 cm³/mol. The van der Waals surface area contributed by atoms with Gasteiger partial charge in [-0.1, -0.05) is 27.2 Å². The molecular formula is C15H29NO2U. The molecule has 0 N–H and O–H groups in total. The summed E-state index contributed by atoms with van der Waals surface area (Å²) in [7, 11) is 0. The zero-order valence-electron chi connectivity index (χ0n) is 13.3. The molecule has 1 fully saturated rings. The van der Waals surface area contributed by atoms with Crippen LogP contribution in [0.1, 0.15) is 54.4 Å². The van der Waals surface area contributed by atoms with Gasteiger partial charge in [0.1, 0.15) is 0 Å². The van der Waals surface area contributed by atoms with Gasteiger partial charge in [0.05, 0.1) is 0 Å². The van der Waals surface area contributed by atoms with E-state index < -0.39 is 0 Å². The average molecular weight is 493 g/mol. The molecule has 0 radical (unpaired) electrons. The van der Waals surface area contributed by atoms with Crippen molar-refractivity contribution in [1.82, 2.24) is 4.90 Å². The van der Waals surface area contributed by atoms with E-state index in [9.17, 15) is 9.59 Å². The monoisotopic (exact) mass is 493 g/mol. The summed E-state index contributed by atoms with van der Waals surface area (Å²) >= 11 is 0. The van der Waals surface area contributed by atoms with Crippen molar-refractivity contribution in [2.24, 2.45) is 11.8 Å². The van der Waals surface area contributed by atoms with Gasteiger partial charge in [-0.05, 0) is 12.3 Å². The first-order chi connectivity index (χ1) is 8.37. The van der Waals surface area contributed by atoms with Crippen LogP contribution in [0.3, 0.4) is 0 Å². The molecule has 1 saturated heterocycles. The molecule has 0 aromatic heterocycles. The van der Waals surface area contributed by atoms with E-state index in [0.717, 1.165) is 31.8 Å². The normalized spacial score (nSPS) is 18.3. The van der Waals surface area contributed by atoms with Crippen LogP contribution in [0, 0.1) is 48.9 Å². The number of carbonyl (C=O) groups excluding carboxylic acids is 2. The van der Waals surface area contributed by atoms with E-state index in [1.54, 1.807) is 0 Å². The van der Waals surface area contributed by atoms with Crippen LogP contribution in [0.2, 0.25) is 0 Å². The summed E-state index contributed by atoms with van der Waals surface area (Å²) in [5.74, 6) is 2.27. The maximum atomic E-state index is 10.1. The molecule has 0 aromatic carbocycles. The van der Waals surface area contributed by atoms with Crippen LogP contribution >= 0.6 is 0 Å². The number of hydrogen-bond donors (Lipinski definition) is 0. The molecular weight excluding hydrogens is 464 g/mol. The van der Waals surface area contributed by atoms with Gasteiger partial charge in [-0.25, -0.2) is 0 Å². The van der Waals surface area contributed by atoms with Crippen molar-refractivity contribution < 1.29 is 40.7 Å². The van der Waals surface area contributed by atoms with Crippen LogP contribution in [-0.2, 0) is 9.59 Å². The van der Waals surface area contributed by atoms with Crippen LogP contribution in [0.25, 0.3) is 0 Å². The molecule has 1 rings (SSSR count). The minimum absolute atomic E-state index is 0. The van der Waals surface area contributed by atoms with Crippen molar-refractivity contribution in [3.8, 4) is 0 Å². The molecule has 2 unspecified atom stereocenters. The second-order valence-electron chi connectivity index (χ2n) is 5.42. The van der Waals surface area contributed by atoms with Gasteiger partial charge >= 0.3 is 31.1 Å². The summed E-state index contributed by atoms with van der Waals surface area (Å²) in [5.41, 5.74) is 0. The molecule has 3 nitrogen and oxygen atoms in total. The van der Waals surface area contributed by atoms with Crippen LogP contribution in [0.5, 0.6) is 0 Å². The Morgan fingerprint density at radius 2 is 1.89 bits per heavy atom. The number of rotatable bonds is 3. The fourth-order valence-electron chi connectivity index (χ4n) is 1.15. The van der Waals surface area contributed by atoms with Gasteiger partial charge in [-0.2, -0.15) is 20.8 Å². The van der Waals surface area contributed by atoms with E-state index in [-0.39, 0.29) is 37.0 Å². The van der Waals surface area contributed by atoms with E-state index in [2.05, 4.69) is 27.7 Å². The average Bonchev–Trinajstić information content (AvgIpc) is 2.74. The first kappa shape index (κ1) is 24.2. The van der Waals surface area contributed by atoms with Crippen LogP contribution in [-0.4, -0.2) is 30.7 Å². The summed E-state index contributed by atoms with van der Waals surface area (Å²) in [6.45, 7) is 14.2. The molecule has 1 aliphatic heterocycles. The predicted octanol–water partition coefficient (Wildman–Crippen LogP) is 3.25. The summed E-state index contributed by atoms with van der Waals surface area (Å²) in [4.78, 5) is 21.5. The second-order valence-corrected chi connectivity index (χ2v) is 5.42. The molecule has 0 aliphatic carbocycles. The first-order valence-electron chi connectivity index (χ1n) is 6.71. The fourth-order valence-corrected chi connectivity index (χ4v) is 1.15. The molecule has 110 valence electrons. The van der Waals surface area contributed by atoms with Crippen molar-refractivity contribution in [3.63, 3.8) is 0 Å². The number of amides is 1. The van der Waals surface area contributed by atoms with Crippen LogP contribution in [0.15, 0.2) is 0 Å². The van der Waals surface area contributed by atoms with Crippen molar-refractivity contribution >= 4 is 12.7 Å². The molecule has 0 saturated carbocycles. The molecule has 2 atom stereocenters. The Hall–Kier alpha value is 0.192. The fraction of sp³-hybridized carbons (Fsp3) is 0.800. The standard InChI is InChI=1S/C6H11NO.C5H9O.C4H9.U/c1-6-2-3-7(4-6)5-8;1-3-5(2)4-6;1-4(2)3;/h5-6H,2-4H2,1H3;5H,3H2,1-2H3;1-3H3;/q;2*-1;+2. The number of likely N-dealkylation sites (tertiary alicyclic amines) is 1. The maximum Gasteiger partial charge on any atom is 2.00 e. The third-order valence-corrected chi connectivity index (χ3v) is 2.42. The van der Waals surface area contributed by atoms with Gasteiger partial charge in [0.15, 0.2) is 0 Å². The van der Waals surface area contributed by atoms with Crippen molar-refractivity contribution in [2.45, 2.75) is 54.4 Å². The van der Waals surface area contributed by atoms with Crippen LogP contribution in [0.4, 0.5) is 0 Å². The van der Waals surface area contributed by atoms with E-state index in [4.69, 9.17) is 0 Å². The third-order valence-electron chi connectivity index (χ3n) is 2.42. The van der Waals surface area contributed by atoms with Gasteiger partial charge in [0, 0.05) is 13.1 Å². The molecule has 4 heteroatoms. The van der Waals surface area contributed by atoms with Crippen LogP contribution < -0.4 is 0 Å². The summed E-state index contributed by atoms with van der Waals surface area (Å²) in [5, 5.41) is 0. The van der Waals surface area contributed by atoms with Gasteiger partial charge in [0.25, 0.3) is 0 Å². The number of carbonyl (C=O) groups is 1. The number of hydrogen-bond acceptors (Lipinski definition) is 2. The van der Waals surface area contributed by atoms with Gasteiger partial charge in [0.2, 0.25) is 6.41 Å². The number of nitrogens with zero attached hydrogens (tertiary/aromatic N) is 1. The Labute approximate surface area is 143 Å². The molecule has 0 aromatic rings. The van der Waals surface area contributed by atoms with E-state index in [1.165, 1.54) is 12.3 Å². The van der Waals surface area contributed by atoms with Crippen molar-refractivity contribution in [3.05, 3.63) is 5.92 Å². The zero-order chi connectivity index (χ0) is 14.6. The van der Waals surface area contributed by atoms with Gasteiger partial charge < -0.3 is 15.6 Å².